The first kappa shape index (κ1) is 19.0. The predicted octanol–water partition coefficient (Wildman–Crippen LogP) is 1.59. The van der Waals surface area contributed by atoms with E-state index in [4.69, 9.17) is 0 Å². The summed E-state index contributed by atoms with van der Waals surface area (Å²) in [4.78, 5) is 14.5. The highest BCUT2D eigenvalue weighted by Gasteiger charge is 2.32. The average molecular weight is 378 g/mol. The highest BCUT2D eigenvalue weighted by molar-refractivity contribution is 7.92. The monoisotopic (exact) mass is 377 g/mol. The molecule has 0 aromatic heterocycles. The summed E-state index contributed by atoms with van der Waals surface area (Å²) in [6, 6.07) is 4.19. The van der Waals surface area contributed by atoms with Gasteiger partial charge in [-0.1, -0.05) is 0 Å². The SMILES string of the molecule is CS(=O)(=O)Nc1ccc(F)cc1C(=O)N1CCC2CCC(C1)N2.Cl. The van der Waals surface area contributed by atoms with Gasteiger partial charge in [0.15, 0.2) is 0 Å². The largest absolute Gasteiger partial charge is 0.337 e. The van der Waals surface area contributed by atoms with Crippen LogP contribution < -0.4 is 10.0 Å². The second kappa shape index (κ2) is 7.25. The Balaban J connectivity index is 0.00000208. The van der Waals surface area contributed by atoms with Gasteiger partial charge >= 0.3 is 0 Å². The maximum atomic E-state index is 13.6. The number of carbonyl (C=O) groups is 1. The summed E-state index contributed by atoms with van der Waals surface area (Å²) in [6.45, 7) is 1.14. The fourth-order valence-corrected chi connectivity index (χ4v) is 3.86. The Morgan fingerprint density at radius 3 is 2.71 bits per heavy atom. The van der Waals surface area contributed by atoms with Crippen molar-refractivity contribution < 1.29 is 17.6 Å². The summed E-state index contributed by atoms with van der Waals surface area (Å²) in [5.74, 6) is -0.910. The molecular weight excluding hydrogens is 357 g/mol. The Bertz CT molecular complexity index is 729. The van der Waals surface area contributed by atoms with Crippen LogP contribution in [0.25, 0.3) is 0 Å². The summed E-state index contributed by atoms with van der Waals surface area (Å²) in [6.07, 6.45) is 3.99. The van der Waals surface area contributed by atoms with Crippen molar-refractivity contribution in [3.05, 3.63) is 29.6 Å². The van der Waals surface area contributed by atoms with E-state index in [9.17, 15) is 17.6 Å². The van der Waals surface area contributed by atoms with Gasteiger partial charge in [0.1, 0.15) is 5.82 Å². The number of hydrogen-bond acceptors (Lipinski definition) is 4. The van der Waals surface area contributed by atoms with Crippen molar-refractivity contribution >= 4 is 34.0 Å². The first-order valence-corrected chi connectivity index (χ1v) is 9.53. The van der Waals surface area contributed by atoms with E-state index >= 15 is 0 Å². The van der Waals surface area contributed by atoms with Crippen LogP contribution in [0, 0.1) is 5.82 Å². The lowest BCUT2D eigenvalue weighted by Crippen LogP contribution is -2.39. The van der Waals surface area contributed by atoms with Crippen LogP contribution in [0.3, 0.4) is 0 Å². The molecule has 134 valence electrons. The lowest BCUT2D eigenvalue weighted by molar-refractivity contribution is 0.0748. The fraction of sp³-hybridized carbons (Fsp3) is 0.533. The molecule has 2 bridgehead atoms. The molecule has 0 saturated carbocycles. The number of nitrogens with one attached hydrogen (secondary N) is 2. The average Bonchev–Trinajstić information content (AvgIpc) is 2.78. The number of nitrogens with zero attached hydrogens (tertiary/aromatic N) is 1. The molecule has 0 aliphatic carbocycles. The highest BCUT2D eigenvalue weighted by Crippen LogP contribution is 2.24. The lowest BCUT2D eigenvalue weighted by Gasteiger charge is -2.25. The molecule has 2 saturated heterocycles. The highest BCUT2D eigenvalue weighted by atomic mass is 35.5. The van der Waals surface area contributed by atoms with Gasteiger partial charge in [0, 0.05) is 25.2 Å². The van der Waals surface area contributed by atoms with E-state index in [2.05, 4.69) is 10.0 Å². The molecule has 2 unspecified atom stereocenters. The van der Waals surface area contributed by atoms with Crippen LogP contribution in [0.2, 0.25) is 0 Å². The number of halogens is 2. The molecule has 2 atom stereocenters. The minimum absolute atomic E-state index is 0. The summed E-state index contributed by atoms with van der Waals surface area (Å²) >= 11 is 0. The van der Waals surface area contributed by atoms with E-state index in [-0.39, 0.29) is 35.6 Å². The van der Waals surface area contributed by atoms with Gasteiger partial charge in [0.25, 0.3) is 5.91 Å². The van der Waals surface area contributed by atoms with Crippen LogP contribution in [0.5, 0.6) is 0 Å². The van der Waals surface area contributed by atoms with Crippen molar-refractivity contribution in [2.24, 2.45) is 0 Å². The number of anilines is 1. The van der Waals surface area contributed by atoms with Gasteiger partial charge in [0.05, 0.1) is 17.5 Å². The number of sulfonamides is 1. The summed E-state index contributed by atoms with van der Waals surface area (Å²) < 4.78 is 38.8. The number of likely N-dealkylation sites (tertiary alicyclic amines) is 1. The summed E-state index contributed by atoms with van der Waals surface area (Å²) in [7, 11) is -3.55. The topological polar surface area (TPSA) is 78.5 Å². The molecule has 2 aliphatic heterocycles. The molecular formula is C15H21ClFN3O3S. The number of fused-ring (bicyclic) bond motifs is 2. The normalized spacial score (nSPS) is 23.3. The molecule has 9 heteroatoms. The quantitative estimate of drug-likeness (QED) is 0.838. The molecule has 1 aromatic rings. The molecule has 0 radical (unpaired) electrons. The van der Waals surface area contributed by atoms with Gasteiger partial charge in [-0.2, -0.15) is 0 Å². The molecule has 1 aromatic carbocycles. The van der Waals surface area contributed by atoms with Gasteiger partial charge in [-0.3, -0.25) is 9.52 Å². The zero-order valence-corrected chi connectivity index (χ0v) is 14.9. The first-order valence-electron chi connectivity index (χ1n) is 7.64. The van der Waals surface area contributed by atoms with Gasteiger partial charge in [-0.25, -0.2) is 12.8 Å². The number of carbonyl (C=O) groups excluding carboxylic acids is 1. The number of hydrogen-bond donors (Lipinski definition) is 2. The standard InChI is InChI=1S/C15H20FN3O3S.ClH/c1-23(21,22)18-14-5-2-10(16)8-13(14)15(20)19-7-6-11-3-4-12(9-19)17-11;/h2,5,8,11-12,17-18H,3-4,6-7,9H2,1H3;1H. The predicted molar refractivity (Wildman–Crippen MR) is 92.6 cm³/mol. The molecule has 2 aliphatic rings. The molecule has 3 rings (SSSR count). The Morgan fingerprint density at radius 2 is 2.00 bits per heavy atom. The van der Waals surface area contributed by atoms with Crippen LogP contribution in [0.4, 0.5) is 10.1 Å². The number of benzene rings is 1. The van der Waals surface area contributed by atoms with Crippen molar-refractivity contribution in [2.45, 2.75) is 31.3 Å². The molecule has 24 heavy (non-hydrogen) atoms. The van der Waals surface area contributed by atoms with E-state index in [0.29, 0.717) is 19.1 Å². The molecule has 2 N–H and O–H groups in total. The molecule has 6 nitrogen and oxygen atoms in total. The smallest absolute Gasteiger partial charge is 0.256 e. The van der Waals surface area contributed by atoms with Gasteiger partial charge < -0.3 is 10.2 Å². The Hall–Kier alpha value is -1.38. The molecule has 2 fully saturated rings. The first-order chi connectivity index (χ1) is 10.8. The zero-order valence-electron chi connectivity index (χ0n) is 13.3. The maximum Gasteiger partial charge on any atom is 0.256 e. The Kier molecular flexibility index (Phi) is 5.72. The van der Waals surface area contributed by atoms with E-state index in [1.54, 1.807) is 4.90 Å². The third-order valence-corrected chi connectivity index (χ3v) is 4.91. The van der Waals surface area contributed by atoms with Crippen LogP contribution in [0.1, 0.15) is 29.6 Å². The third-order valence-electron chi connectivity index (χ3n) is 4.32. The number of rotatable bonds is 3. The summed E-state index contributed by atoms with van der Waals surface area (Å²) in [5.41, 5.74) is 0.162. The fourth-order valence-electron chi connectivity index (χ4n) is 3.28. The van der Waals surface area contributed by atoms with Crippen LogP contribution >= 0.6 is 12.4 Å². The van der Waals surface area contributed by atoms with Crippen LogP contribution in [0.15, 0.2) is 18.2 Å². The summed E-state index contributed by atoms with van der Waals surface area (Å²) in [5, 5.41) is 3.47. The van der Waals surface area contributed by atoms with Crippen LogP contribution in [-0.2, 0) is 10.0 Å². The molecule has 2 heterocycles. The van der Waals surface area contributed by atoms with Gasteiger partial charge in [0.2, 0.25) is 10.0 Å². The maximum absolute atomic E-state index is 13.6. The van der Waals surface area contributed by atoms with Crippen molar-refractivity contribution in [3.8, 4) is 0 Å². The Labute approximate surface area is 147 Å². The second-order valence-electron chi connectivity index (χ2n) is 6.24. The van der Waals surface area contributed by atoms with E-state index in [0.717, 1.165) is 37.7 Å². The lowest BCUT2D eigenvalue weighted by atomic mass is 10.1. The van der Waals surface area contributed by atoms with Crippen molar-refractivity contribution in [1.82, 2.24) is 10.2 Å². The van der Waals surface area contributed by atoms with Crippen molar-refractivity contribution in [1.29, 1.82) is 0 Å². The minimum Gasteiger partial charge on any atom is -0.337 e. The van der Waals surface area contributed by atoms with Crippen LogP contribution in [-0.4, -0.2) is 50.7 Å². The molecule has 1 amide bonds. The Morgan fingerprint density at radius 1 is 1.29 bits per heavy atom. The molecule has 0 spiro atoms. The van der Waals surface area contributed by atoms with Gasteiger partial charge in [-0.15, -0.1) is 12.4 Å². The van der Waals surface area contributed by atoms with E-state index in [1.165, 1.54) is 6.07 Å². The third kappa shape index (κ3) is 4.37. The zero-order chi connectivity index (χ0) is 16.6. The second-order valence-corrected chi connectivity index (χ2v) is 7.99. The van der Waals surface area contributed by atoms with E-state index < -0.39 is 15.8 Å². The van der Waals surface area contributed by atoms with Crippen molar-refractivity contribution in [2.75, 3.05) is 24.1 Å². The number of amides is 1. The van der Waals surface area contributed by atoms with Gasteiger partial charge in [-0.05, 0) is 37.5 Å². The van der Waals surface area contributed by atoms with Crippen molar-refractivity contribution in [3.63, 3.8) is 0 Å². The minimum atomic E-state index is -3.55. The van der Waals surface area contributed by atoms with E-state index in [1.807, 2.05) is 0 Å².